The summed E-state index contributed by atoms with van der Waals surface area (Å²) in [4.78, 5) is 13.6. The van der Waals surface area contributed by atoms with E-state index in [0.29, 0.717) is 0 Å². The van der Waals surface area contributed by atoms with Gasteiger partial charge in [0.1, 0.15) is 5.69 Å². The van der Waals surface area contributed by atoms with E-state index in [1.807, 2.05) is 0 Å². The number of carbonyl (C=O) groups is 1. The predicted molar refractivity (Wildman–Crippen MR) is 36.3 cm³/mol. The molecule has 0 spiro atoms. The molecule has 0 aliphatic heterocycles. The molecule has 0 unspecified atom stereocenters. The van der Waals surface area contributed by atoms with Gasteiger partial charge in [0.2, 0.25) is 0 Å². The van der Waals surface area contributed by atoms with E-state index < -0.39 is 12.1 Å². The summed E-state index contributed by atoms with van der Waals surface area (Å²) in [6.45, 7) is 0. The summed E-state index contributed by atoms with van der Waals surface area (Å²) < 4.78 is 38.6. The van der Waals surface area contributed by atoms with Crippen molar-refractivity contribution in [3.05, 3.63) is 24.0 Å². The molecule has 1 aromatic rings. The van der Waals surface area contributed by atoms with Crippen LogP contribution < -0.4 is 4.74 Å². The third-order valence-corrected chi connectivity index (χ3v) is 1.14. The van der Waals surface area contributed by atoms with Crippen LogP contribution in [0.15, 0.2) is 18.3 Å². The number of ether oxygens (including phenoxy) is 1. The molecule has 1 heterocycles. The molecular formula is C7H4F3NO2. The molecule has 0 atom stereocenters. The Kier molecular flexibility index (Phi) is 2.50. The van der Waals surface area contributed by atoms with Gasteiger partial charge < -0.3 is 4.74 Å². The highest BCUT2D eigenvalue weighted by Crippen LogP contribution is 2.23. The van der Waals surface area contributed by atoms with Gasteiger partial charge in [0, 0.05) is 6.20 Å². The van der Waals surface area contributed by atoms with E-state index in [9.17, 15) is 18.0 Å². The lowest BCUT2D eigenvalue weighted by Gasteiger charge is -2.08. The molecule has 0 amide bonds. The van der Waals surface area contributed by atoms with Crippen molar-refractivity contribution in [1.29, 1.82) is 0 Å². The summed E-state index contributed by atoms with van der Waals surface area (Å²) in [5.41, 5.74) is -0.375. The van der Waals surface area contributed by atoms with E-state index in [2.05, 4.69) is 9.72 Å². The molecule has 6 heteroatoms. The van der Waals surface area contributed by atoms with Crippen LogP contribution in [0.2, 0.25) is 0 Å². The van der Waals surface area contributed by atoms with Crippen LogP contribution in [0.25, 0.3) is 0 Å². The lowest BCUT2D eigenvalue weighted by Crippen LogP contribution is -2.18. The van der Waals surface area contributed by atoms with E-state index in [1.54, 1.807) is 0 Å². The zero-order valence-electron chi connectivity index (χ0n) is 6.21. The molecule has 13 heavy (non-hydrogen) atoms. The molecule has 0 fully saturated rings. The lowest BCUT2D eigenvalue weighted by atomic mass is 10.3. The molecule has 0 aromatic carbocycles. The van der Waals surface area contributed by atoms with Gasteiger partial charge >= 0.3 is 6.36 Å². The smallest absolute Gasteiger partial charge is 0.403 e. The quantitative estimate of drug-likeness (QED) is 0.669. The highest BCUT2D eigenvalue weighted by atomic mass is 19.4. The van der Waals surface area contributed by atoms with Crippen LogP contribution in [0.4, 0.5) is 13.2 Å². The molecule has 0 radical (unpaired) electrons. The van der Waals surface area contributed by atoms with E-state index >= 15 is 0 Å². The molecule has 1 aromatic heterocycles. The normalized spacial score (nSPS) is 11.0. The highest BCUT2D eigenvalue weighted by molar-refractivity contribution is 5.75. The number of aromatic nitrogens is 1. The van der Waals surface area contributed by atoms with E-state index in [1.165, 1.54) is 12.3 Å². The van der Waals surface area contributed by atoms with Gasteiger partial charge in [-0.05, 0) is 12.1 Å². The maximum Gasteiger partial charge on any atom is 0.573 e. The monoisotopic (exact) mass is 191 g/mol. The number of hydrogen-bond donors (Lipinski definition) is 0. The summed E-state index contributed by atoms with van der Waals surface area (Å²) in [6, 6.07) is 2.26. The summed E-state index contributed by atoms with van der Waals surface area (Å²) in [7, 11) is 0. The fraction of sp³-hybridized carbons (Fsp3) is 0.143. The molecule has 70 valence electrons. The van der Waals surface area contributed by atoms with Crippen LogP contribution in [-0.2, 0) is 0 Å². The van der Waals surface area contributed by atoms with Gasteiger partial charge in [-0.1, -0.05) is 0 Å². The van der Waals surface area contributed by atoms with Crippen molar-refractivity contribution >= 4 is 6.29 Å². The van der Waals surface area contributed by atoms with Gasteiger partial charge in [0.15, 0.2) is 12.0 Å². The second-order valence-electron chi connectivity index (χ2n) is 2.05. The van der Waals surface area contributed by atoms with Crippen LogP contribution >= 0.6 is 0 Å². The van der Waals surface area contributed by atoms with Crippen molar-refractivity contribution < 1.29 is 22.7 Å². The Morgan fingerprint density at radius 1 is 1.46 bits per heavy atom. The number of halogens is 3. The fourth-order valence-corrected chi connectivity index (χ4v) is 0.702. The molecule has 0 aliphatic carbocycles. The molecule has 0 aliphatic rings. The van der Waals surface area contributed by atoms with Gasteiger partial charge in [-0.15, -0.1) is 13.2 Å². The summed E-state index contributed by atoms with van der Waals surface area (Å²) in [5, 5.41) is 0. The molecule has 0 saturated carbocycles. The molecule has 3 nitrogen and oxygen atoms in total. The topological polar surface area (TPSA) is 39.2 Å². The van der Waals surface area contributed by atoms with Gasteiger partial charge in [-0.2, -0.15) is 0 Å². The minimum absolute atomic E-state index is 0.196. The number of nitrogens with zero attached hydrogens (tertiary/aromatic N) is 1. The Morgan fingerprint density at radius 2 is 2.15 bits per heavy atom. The molecule has 0 saturated heterocycles. The Bertz CT molecular complexity index is 311. The van der Waals surface area contributed by atoms with Crippen LogP contribution in [-0.4, -0.2) is 17.6 Å². The van der Waals surface area contributed by atoms with E-state index in [-0.39, 0.29) is 12.0 Å². The second kappa shape index (κ2) is 3.42. The van der Waals surface area contributed by atoms with Crippen molar-refractivity contribution in [1.82, 2.24) is 4.98 Å². The molecule has 0 N–H and O–H groups in total. The Balaban J connectivity index is 2.94. The number of alkyl halides is 3. The standard InChI is InChI=1S/C7H4F3NO2/c8-7(9,10)13-6-2-1-3-11-5(6)4-12/h1-4H. The average Bonchev–Trinajstić information content (AvgIpc) is 2.02. The zero-order valence-corrected chi connectivity index (χ0v) is 6.21. The summed E-state index contributed by atoms with van der Waals surface area (Å²) in [5.74, 6) is -0.593. The number of pyridine rings is 1. The molecule has 0 bridgehead atoms. The second-order valence-corrected chi connectivity index (χ2v) is 2.05. The lowest BCUT2D eigenvalue weighted by molar-refractivity contribution is -0.274. The number of hydrogen-bond acceptors (Lipinski definition) is 3. The number of aldehydes is 1. The van der Waals surface area contributed by atoms with Crippen molar-refractivity contribution in [3.63, 3.8) is 0 Å². The number of rotatable bonds is 2. The molecule has 1 rings (SSSR count). The minimum atomic E-state index is -4.80. The average molecular weight is 191 g/mol. The van der Waals surface area contributed by atoms with E-state index in [0.717, 1.165) is 6.07 Å². The van der Waals surface area contributed by atoms with Crippen molar-refractivity contribution in [2.24, 2.45) is 0 Å². The SMILES string of the molecule is O=Cc1ncccc1OC(F)(F)F. The highest BCUT2D eigenvalue weighted by Gasteiger charge is 2.32. The first-order valence-electron chi connectivity index (χ1n) is 3.19. The first kappa shape index (κ1) is 9.50. The third kappa shape index (κ3) is 2.73. The first-order valence-corrected chi connectivity index (χ1v) is 3.19. The van der Waals surface area contributed by atoms with Gasteiger partial charge in [-0.3, -0.25) is 4.79 Å². The number of carbonyl (C=O) groups excluding carboxylic acids is 1. The first-order chi connectivity index (χ1) is 6.03. The van der Waals surface area contributed by atoms with Crippen LogP contribution in [0.1, 0.15) is 10.5 Å². The largest absolute Gasteiger partial charge is 0.573 e. The van der Waals surface area contributed by atoms with Crippen LogP contribution in [0.3, 0.4) is 0 Å². The van der Waals surface area contributed by atoms with Crippen molar-refractivity contribution in [3.8, 4) is 5.75 Å². The zero-order chi connectivity index (χ0) is 9.90. The van der Waals surface area contributed by atoms with Gasteiger partial charge in [0.05, 0.1) is 0 Å². The minimum Gasteiger partial charge on any atom is -0.403 e. The Morgan fingerprint density at radius 3 is 2.69 bits per heavy atom. The fourth-order valence-electron chi connectivity index (χ4n) is 0.702. The van der Waals surface area contributed by atoms with Crippen LogP contribution in [0, 0.1) is 0 Å². The summed E-state index contributed by atoms with van der Waals surface area (Å²) >= 11 is 0. The van der Waals surface area contributed by atoms with Crippen LogP contribution in [0.5, 0.6) is 5.75 Å². The van der Waals surface area contributed by atoms with Gasteiger partial charge in [-0.25, -0.2) is 4.98 Å². The third-order valence-electron chi connectivity index (χ3n) is 1.14. The van der Waals surface area contributed by atoms with Gasteiger partial charge in [0.25, 0.3) is 0 Å². The van der Waals surface area contributed by atoms with Crippen molar-refractivity contribution in [2.75, 3.05) is 0 Å². The maximum absolute atomic E-state index is 11.7. The van der Waals surface area contributed by atoms with Crippen molar-refractivity contribution in [2.45, 2.75) is 6.36 Å². The maximum atomic E-state index is 11.7. The van der Waals surface area contributed by atoms with E-state index in [4.69, 9.17) is 0 Å². The Labute approximate surface area is 71.2 Å². The summed E-state index contributed by atoms with van der Waals surface area (Å²) in [6.07, 6.45) is -3.41. The predicted octanol–water partition coefficient (Wildman–Crippen LogP) is 1.79. The Hall–Kier alpha value is -1.59. The molecular weight excluding hydrogens is 187 g/mol.